The first-order valence-corrected chi connectivity index (χ1v) is 16.1. The molecule has 0 nitrogen and oxygen atoms in total. The van der Waals surface area contributed by atoms with E-state index in [4.69, 9.17) is 0 Å². The minimum atomic E-state index is 0.796. The zero-order valence-corrected chi connectivity index (χ0v) is 23.9. The van der Waals surface area contributed by atoms with Crippen LogP contribution in [-0.4, -0.2) is 0 Å². The maximum absolute atomic E-state index is 2.38. The Balaban J connectivity index is 1.60. The summed E-state index contributed by atoms with van der Waals surface area (Å²) >= 11 is 7.84. The molecule has 178 valence electrons. The zero-order valence-electron chi connectivity index (χ0n) is 20.6. The molecule has 0 radical (unpaired) electrons. The van der Waals surface area contributed by atoms with E-state index in [-0.39, 0.29) is 0 Å². The molecule has 0 fully saturated rings. The van der Waals surface area contributed by atoms with Crippen LogP contribution in [0.2, 0.25) is 0 Å². The summed E-state index contributed by atoms with van der Waals surface area (Å²) in [6.45, 7) is 9.30. The molecule has 4 heterocycles. The van der Waals surface area contributed by atoms with Crippen molar-refractivity contribution in [2.75, 3.05) is 0 Å². The monoisotopic (exact) mass is 522 g/mol. The highest BCUT2D eigenvalue weighted by molar-refractivity contribution is 7.22. The maximum Gasteiger partial charge on any atom is 0.0442 e. The molecule has 1 aromatic carbocycles. The highest BCUT2D eigenvalue weighted by atomic mass is 32.1. The molecule has 5 rings (SSSR count). The fourth-order valence-electron chi connectivity index (χ4n) is 5.10. The molecule has 4 heteroatoms. The van der Waals surface area contributed by atoms with Gasteiger partial charge in [-0.3, -0.25) is 0 Å². The first-order chi connectivity index (χ1) is 16.7. The molecule has 0 spiro atoms. The fourth-order valence-corrected chi connectivity index (χ4v) is 9.56. The van der Waals surface area contributed by atoms with Gasteiger partial charge >= 0.3 is 0 Å². The molecule has 0 atom stereocenters. The lowest BCUT2D eigenvalue weighted by Gasteiger charge is -2.11. The van der Waals surface area contributed by atoms with Crippen LogP contribution in [0, 0.1) is 11.8 Å². The van der Waals surface area contributed by atoms with Crippen LogP contribution in [0.15, 0.2) is 47.2 Å². The molecule has 0 aliphatic heterocycles. The molecule has 0 N–H and O–H groups in total. The van der Waals surface area contributed by atoms with Gasteiger partial charge in [0.2, 0.25) is 0 Å². The first-order valence-electron chi connectivity index (χ1n) is 12.7. The van der Waals surface area contributed by atoms with E-state index in [2.05, 4.69) is 74.9 Å². The molecule has 0 unspecified atom stereocenters. The smallest absolute Gasteiger partial charge is 0.0442 e. The lowest BCUT2D eigenvalue weighted by Crippen LogP contribution is -1.99. The van der Waals surface area contributed by atoms with Gasteiger partial charge in [0.05, 0.1) is 0 Å². The van der Waals surface area contributed by atoms with Crippen LogP contribution in [0.3, 0.4) is 0 Å². The highest BCUT2D eigenvalue weighted by Crippen LogP contribution is 2.50. The summed E-state index contributed by atoms with van der Waals surface area (Å²) in [5, 5.41) is 7.44. The third-order valence-corrected chi connectivity index (χ3v) is 11.5. The SMILES string of the molecule is CCC(CC)Cc1ccc(-c2c3ccsc3c(-c3ccc(CC(CC)CC)s3)c3ccsc23)s1. The molecule has 0 saturated heterocycles. The molecule has 0 saturated carbocycles. The average Bonchev–Trinajstić information content (AvgIpc) is 3.66. The van der Waals surface area contributed by atoms with Gasteiger partial charge in [0.1, 0.15) is 0 Å². The summed E-state index contributed by atoms with van der Waals surface area (Å²) in [6, 6.07) is 14.2. The number of benzene rings is 1. The molecular formula is C30H34S4. The van der Waals surface area contributed by atoms with Gasteiger partial charge in [0, 0.05) is 50.8 Å². The standard InChI is InChI=1S/C30H34S4/c1-5-19(6-2)17-21-9-11-25(33-21)27-23-13-15-32-30(23)28(24-14-16-31-29(24)27)26-12-10-22(34-26)18-20(7-3)8-4/h9-16,19-20H,5-8,17-18H2,1-4H3. The second kappa shape index (κ2) is 10.7. The van der Waals surface area contributed by atoms with Crippen molar-refractivity contribution in [1.82, 2.24) is 0 Å². The van der Waals surface area contributed by atoms with Crippen LogP contribution in [0.25, 0.3) is 41.1 Å². The van der Waals surface area contributed by atoms with E-state index < -0.39 is 0 Å². The number of hydrogen-bond donors (Lipinski definition) is 0. The number of hydrogen-bond acceptors (Lipinski definition) is 4. The van der Waals surface area contributed by atoms with E-state index in [1.165, 1.54) is 89.3 Å². The molecule has 4 aromatic heterocycles. The van der Waals surface area contributed by atoms with Crippen molar-refractivity contribution in [1.29, 1.82) is 0 Å². The van der Waals surface area contributed by atoms with Gasteiger partial charge in [-0.1, -0.05) is 53.4 Å². The van der Waals surface area contributed by atoms with Crippen molar-refractivity contribution >= 4 is 65.5 Å². The molecular weight excluding hydrogens is 489 g/mol. The van der Waals surface area contributed by atoms with Crippen molar-refractivity contribution in [3.05, 3.63) is 56.9 Å². The van der Waals surface area contributed by atoms with Crippen molar-refractivity contribution < 1.29 is 0 Å². The van der Waals surface area contributed by atoms with Crippen molar-refractivity contribution in [3.8, 4) is 20.9 Å². The number of rotatable bonds is 10. The number of thiophene rings is 4. The van der Waals surface area contributed by atoms with E-state index in [0.717, 1.165) is 11.8 Å². The van der Waals surface area contributed by atoms with Crippen LogP contribution >= 0.6 is 45.3 Å². The van der Waals surface area contributed by atoms with E-state index in [9.17, 15) is 0 Å². The Bertz CT molecular complexity index is 1210. The lowest BCUT2D eigenvalue weighted by molar-refractivity contribution is 0.494. The third kappa shape index (κ3) is 4.55. The van der Waals surface area contributed by atoms with Gasteiger partial charge in [-0.2, -0.15) is 0 Å². The summed E-state index contributed by atoms with van der Waals surface area (Å²) in [6.07, 6.45) is 7.49. The minimum absolute atomic E-state index is 0.796. The largest absolute Gasteiger partial charge is 0.143 e. The van der Waals surface area contributed by atoms with E-state index >= 15 is 0 Å². The van der Waals surface area contributed by atoms with Crippen LogP contribution < -0.4 is 0 Å². The summed E-state index contributed by atoms with van der Waals surface area (Å²) in [5.74, 6) is 1.59. The first kappa shape index (κ1) is 24.2. The van der Waals surface area contributed by atoms with Crippen molar-refractivity contribution in [3.63, 3.8) is 0 Å². The van der Waals surface area contributed by atoms with Crippen LogP contribution in [-0.2, 0) is 12.8 Å². The molecule has 34 heavy (non-hydrogen) atoms. The second-order valence-electron chi connectivity index (χ2n) is 9.38. The topological polar surface area (TPSA) is 0 Å². The summed E-state index contributed by atoms with van der Waals surface area (Å²) in [7, 11) is 0. The van der Waals surface area contributed by atoms with Gasteiger partial charge in [-0.05, 0) is 71.8 Å². The van der Waals surface area contributed by atoms with Gasteiger partial charge in [0.25, 0.3) is 0 Å². The van der Waals surface area contributed by atoms with Gasteiger partial charge in [-0.25, -0.2) is 0 Å². The molecule has 0 aliphatic carbocycles. The van der Waals surface area contributed by atoms with E-state index in [0.29, 0.717) is 0 Å². The molecule has 5 aromatic rings. The van der Waals surface area contributed by atoms with Gasteiger partial charge < -0.3 is 0 Å². The van der Waals surface area contributed by atoms with Gasteiger partial charge in [-0.15, -0.1) is 45.3 Å². The summed E-state index contributed by atoms with van der Waals surface area (Å²) in [4.78, 5) is 5.93. The molecule has 0 aliphatic rings. The Morgan fingerprint density at radius 3 is 1.35 bits per heavy atom. The van der Waals surface area contributed by atoms with Crippen LogP contribution in [0.4, 0.5) is 0 Å². The Morgan fingerprint density at radius 2 is 0.971 bits per heavy atom. The van der Waals surface area contributed by atoms with Crippen molar-refractivity contribution in [2.45, 2.75) is 66.2 Å². The maximum atomic E-state index is 2.38. The Hall–Kier alpha value is -1.46. The Morgan fingerprint density at radius 1 is 0.559 bits per heavy atom. The predicted molar refractivity (Wildman–Crippen MR) is 159 cm³/mol. The normalized spacial score (nSPS) is 12.2. The molecule has 0 amide bonds. The second-order valence-corrected chi connectivity index (χ2v) is 13.6. The summed E-state index contributed by atoms with van der Waals surface area (Å²) < 4.78 is 2.90. The lowest BCUT2D eigenvalue weighted by atomic mass is 9.98. The van der Waals surface area contributed by atoms with Crippen LogP contribution in [0.5, 0.6) is 0 Å². The van der Waals surface area contributed by atoms with Crippen LogP contribution in [0.1, 0.15) is 63.1 Å². The quantitative estimate of drug-likeness (QED) is 0.171. The summed E-state index contributed by atoms with van der Waals surface area (Å²) in [5.41, 5.74) is 2.92. The third-order valence-electron chi connectivity index (χ3n) is 7.43. The Labute approximate surface area is 220 Å². The van der Waals surface area contributed by atoms with Crippen molar-refractivity contribution in [2.24, 2.45) is 11.8 Å². The molecule has 0 bridgehead atoms. The predicted octanol–water partition coefficient (Wildman–Crippen LogP) is 11.5. The minimum Gasteiger partial charge on any atom is -0.143 e. The number of fused-ring (bicyclic) bond motifs is 2. The van der Waals surface area contributed by atoms with Gasteiger partial charge in [0.15, 0.2) is 0 Å². The van der Waals surface area contributed by atoms with E-state index in [1.54, 1.807) is 0 Å². The van der Waals surface area contributed by atoms with E-state index in [1.807, 2.05) is 45.3 Å². The fraction of sp³-hybridized carbons (Fsp3) is 0.400. The average molecular weight is 523 g/mol. The zero-order chi connectivity index (χ0) is 23.7. The highest BCUT2D eigenvalue weighted by Gasteiger charge is 2.21. The Kier molecular flexibility index (Phi) is 7.60.